The molecule has 0 radical (unpaired) electrons. The molecule has 4 rings (SSSR count). The Labute approximate surface area is 174 Å². The second-order valence-electron chi connectivity index (χ2n) is 6.69. The fraction of sp³-hybridized carbons (Fsp3) is 0.227. The van der Waals surface area contributed by atoms with Crippen LogP contribution in [-0.4, -0.2) is 24.0 Å². The van der Waals surface area contributed by atoms with E-state index in [1.54, 1.807) is 35.1 Å². The number of benzene rings is 1. The Bertz CT molecular complexity index is 1050. The van der Waals surface area contributed by atoms with Gasteiger partial charge in [0.2, 0.25) is 11.8 Å². The molecule has 0 N–H and O–H groups in total. The Morgan fingerprint density at radius 1 is 1.17 bits per heavy atom. The van der Waals surface area contributed by atoms with Crippen molar-refractivity contribution in [3.05, 3.63) is 78.0 Å². The van der Waals surface area contributed by atoms with Crippen LogP contribution in [0.25, 0.3) is 0 Å². The molecule has 3 aromatic rings. The molecule has 6 nitrogen and oxygen atoms in total. The van der Waals surface area contributed by atoms with Crippen molar-refractivity contribution in [2.24, 2.45) is 4.99 Å². The summed E-state index contributed by atoms with van der Waals surface area (Å²) in [7, 11) is 0. The van der Waals surface area contributed by atoms with Crippen molar-refractivity contribution in [2.45, 2.75) is 19.5 Å². The summed E-state index contributed by atoms with van der Waals surface area (Å²) in [5.74, 6) is 1.73. The number of hydrogen-bond donors (Lipinski definition) is 0. The number of nitrogens with zero attached hydrogens (tertiary/aromatic N) is 2. The lowest BCUT2D eigenvalue weighted by Crippen LogP contribution is -2.48. The van der Waals surface area contributed by atoms with Gasteiger partial charge in [-0.05, 0) is 48.4 Å². The second-order valence-corrected chi connectivity index (χ2v) is 7.11. The monoisotopic (exact) mass is 408 g/mol. The van der Waals surface area contributed by atoms with Gasteiger partial charge in [0.15, 0.2) is 23.9 Å². The first kappa shape index (κ1) is 19.1. The fourth-order valence-corrected chi connectivity index (χ4v) is 3.44. The van der Waals surface area contributed by atoms with Crippen molar-refractivity contribution in [3.63, 3.8) is 0 Å². The van der Waals surface area contributed by atoms with E-state index in [2.05, 4.69) is 4.99 Å². The zero-order valence-electron chi connectivity index (χ0n) is 15.9. The highest BCUT2D eigenvalue weighted by molar-refractivity contribution is 7.77. The summed E-state index contributed by atoms with van der Waals surface area (Å²) in [6.45, 7) is 3.20. The summed E-state index contributed by atoms with van der Waals surface area (Å²) in [4.78, 5) is 17.9. The van der Waals surface area contributed by atoms with E-state index < -0.39 is 6.04 Å². The molecule has 1 aliphatic rings. The molecule has 0 aliphatic carbocycles. The van der Waals surface area contributed by atoms with E-state index in [9.17, 15) is 4.79 Å². The SMILES string of the molecule is Cc1ccc[n+]([C@@H](C(=O)c2ccc3c(c2)OCCO3)C([S-])=NCc2ccco2)c1. The first-order valence-corrected chi connectivity index (χ1v) is 9.67. The number of pyridine rings is 1. The molecule has 1 atom stereocenters. The van der Waals surface area contributed by atoms with Crippen LogP contribution in [0.4, 0.5) is 0 Å². The molecule has 7 heteroatoms. The van der Waals surface area contributed by atoms with Gasteiger partial charge in [-0.25, -0.2) is 0 Å². The molecule has 0 saturated carbocycles. The van der Waals surface area contributed by atoms with Crippen LogP contribution < -0.4 is 14.0 Å². The van der Waals surface area contributed by atoms with Gasteiger partial charge in [0, 0.05) is 17.2 Å². The number of furan rings is 1. The minimum atomic E-state index is -0.748. The van der Waals surface area contributed by atoms with Crippen molar-refractivity contribution >= 4 is 23.5 Å². The van der Waals surface area contributed by atoms with Crippen molar-refractivity contribution in [1.29, 1.82) is 0 Å². The van der Waals surface area contributed by atoms with Gasteiger partial charge in [-0.15, -0.1) is 0 Å². The van der Waals surface area contributed by atoms with Gasteiger partial charge in [0.1, 0.15) is 19.0 Å². The minimum Gasteiger partial charge on any atom is -0.758 e. The van der Waals surface area contributed by atoms with Crippen LogP contribution in [0.2, 0.25) is 0 Å². The van der Waals surface area contributed by atoms with Crippen LogP contribution in [0.1, 0.15) is 27.7 Å². The third-order valence-electron chi connectivity index (χ3n) is 4.55. The van der Waals surface area contributed by atoms with E-state index in [1.807, 2.05) is 37.5 Å². The summed E-state index contributed by atoms with van der Waals surface area (Å²) in [6.07, 6.45) is 5.29. The molecule has 0 bridgehead atoms. The summed E-state index contributed by atoms with van der Waals surface area (Å²) in [5.41, 5.74) is 1.50. The van der Waals surface area contributed by atoms with Crippen molar-refractivity contribution in [3.8, 4) is 11.5 Å². The fourth-order valence-electron chi connectivity index (χ4n) is 3.15. The van der Waals surface area contributed by atoms with Crippen LogP contribution >= 0.6 is 0 Å². The van der Waals surface area contributed by atoms with Crippen molar-refractivity contribution in [2.75, 3.05) is 13.2 Å². The Hall–Kier alpha value is -3.19. The number of carbonyl (C=O) groups excluding carboxylic acids is 1. The van der Waals surface area contributed by atoms with Gasteiger partial charge >= 0.3 is 0 Å². The largest absolute Gasteiger partial charge is 0.758 e. The van der Waals surface area contributed by atoms with E-state index >= 15 is 0 Å². The lowest BCUT2D eigenvalue weighted by Gasteiger charge is -2.21. The standard InChI is InChI=1S/C22H20N2O4S/c1-15-4-2-8-24(14-15)20(22(29)23-13-17-5-3-9-26-17)21(25)16-6-7-18-19(12-16)28-11-10-27-18/h2-9,12,14,20H,10-11,13H2,1H3/t20-/m0/s1. The Morgan fingerprint density at radius 3 is 2.76 bits per heavy atom. The van der Waals surface area contributed by atoms with E-state index in [4.69, 9.17) is 26.5 Å². The smallest absolute Gasteiger partial charge is 0.237 e. The third kappa shape index (κ3) is 4.30. The molecular formula is C22H20N2O4S. The number of aliphatic imine (C=N–C) groups is 1. The molecule has 0 saturated heterocycles. The maximum absolute atomic E-state index is 13.5. The highest BCUT2D eigenvalue weighted by Gasteiger charge is 2.29. The van der Waals surface area contributed by atoms with E-state index in [0.717, 1.165) is 5.56 Å². The number of aryl methyl sites for hydroxylation is 1. The van der Waals surface area contributed by atoms with Gasteiger partial charge in [-0.2, -0.15) is 4.57 Å². The molecule has 1 aromatic carbocycles. The zero-order valence-corrected chi connectivity index (χ0v) is 16.7. The molecule has 0 amide bonds. The Morgan fingerprint density at radius 2 is 2.00 bits per heavy atom. The minimum absolute atomic E-state index is 0.161. The molecule has 3 heterocycles. The topological polar surface area (TPSA) is 64.9 Å². The quantitative estimate of drug-likeness (QED) is 0.206. The average Bonchev–Trinajstić information content (AvgIpc) is 3.26. The van der Waals surface area contributed by atoms with Gasteiger partial charge in [-0.3, -0.25) is 4.79 Å². The van der Waals surface area contributed by atoms with Crippen LogP contribution in [0.15, 0.2) is 70.5 Å². The summed E-state index contributed by atoms with van der Waals surface area (Å²) < 4.78 is 18.3. The zero-order chi connectivity index (χ0) is 20.2. The van der Waals surface area contributed by atoms with E-state index in [0.29, 0.717) is 36.0 Å². The number of hydrogen-bond acceptors (Lipinski definition) is 6. The van der Waals surface area contributed by atoms with Crippen LogP contribution in [-0.2, 0) is 19.2 Å². The first-order valence-electron chi connectivity index (χ1n) is 9.27. The predicted molar refractivity (Wildman–Crippen MR) is 109 cm³/mol. The highest BCUT2D eigenvalue weighted by atomic mass is 32.1. The lowest BCUT2D eigenvalue weighted by molar-refractivity contribution is -0.692. The maximum atomic E-state index is 13.5. The summed E-state index contributed by atoms with van der Waals surface area (Å²) in [6, 6.07) is 11.9. The average molecular weight is 408 g/mol. The van der Waals surface area contributed by atoms with Crippen molar-refractivity contribution < 1.29 is 23.3 Å². The van der Waals surface area contributed by atoms with E-state index in [-0.39, 0.29) is 17.4 Å². The number of rotatable bonds is 6. The second kappa shape index (κ2) is 8.45. The predicted octanol–water partition coefficient (Wildman–Crippen LogP) is 3.22. The molecule has 0 unspecified atom stereocenters. The number of ether oxygens (including phenoxy) is 2. The maximum Gasteiger partial charge on any atom is 0.237 e. The van der Waals surface area contributed by atoms with Crippen LogP contribution in [0, 0.1) is 6.92 Å². The van der Waals surface area contributed by atoms with Gasteiger partial charge < -0.3 is 31.5 Å². The lowest BCUT2D eigenvalue weighted by atomic mass is 10.0. The molecular weight excluding hydrogens is 388 g/mol. The third-order valence-corrected chi connectivity index (χ3v) is 4.90. The summed E-state index contributed by atoms with van der Waals surface area (Å²) >= 11 is 5.57. The molecule has 148 valence electrons. The normalized spacial score (nSPS) is 14.4. The van der Waals surface area contributed by atoms with Crippen molar-refractivity contribution in [1.82, 2.24) is 0 Å². The molecule has 0 fully saturated rings. The van der Waals surface area contributed by atoms with Crippen LogP contribution in [0.3, 0.4) is 0 Å². The van der Waals surface area contributed by atoms with Crippen LogP contribution in [0.5, 0.6) is 11.5 Å². The van der Waals surface area contributed by atoms with E-state index in [1.165, 1.54) is 0 Å². The van der Waals surface area contributed by atoms with Gasteiger partial charge in [0.25, 0.3) is 0 Å². The Balaban J connectivity index is 1.69. The first-order chi connectivity index (χ1) is 14.1. The van der Waals surface area contributed by atoms with Gasteiger partial charge in [0.05, 0.1) is 12.8 Å². The highest BCUT2D eigenvalue weighted by Crippen LogP contribution is 2.31. The Kier molecular flexibility index (Phi) is 5.57. The molecule has 29 heavy (non-hydrogen) atoms. The molecule has 0 spiro atoms. The summed E-state index contributed by atoms with van der Waals surface area (Å²) in [5, 5.41) is 0.289. The number of ketones is 1. The number of Topliss-reactive ketones (excluding diaryl/α,β-unsaturated/α-hetero) is 1. The van der Waals surface area contributed by atoms with Gasteiger partial charge in [-0.1, -0.05) is 0 Å². The number of aromatic nitrogens is 1. The number of carbonyl (C=O) groups is 1. The molecule has 2 aromatic heterocycles. The number of fused-ring (bicyclic) bond motifs is 1. The molecule has 1 aliphatic heterocycles.